The number of hydrogen-bond donors (Lipinski definition) is 1. The van der Waals surface area contributed by atoms with Gasteiger partial charge in [-0.1, -0.05) is 18.2 Å². The largest absolute Gasteiger partial charge is 0.372 e. The van der Waals surface area contributed by atoms with Crippen LogP contribution in [0.15, 0.2) is 41.9 Å². The molecule has 0 radical (unpaired) electrons. The number of morpholine rings is 1. The molecule has 1 fully saturated rings. The molecule has 1 saturated heterocycles. The van der Waals surface area contributed by atoms with E-state index in [1.807, 2.05) is 49.1 Å². The highest BCUT2D eigenvalue weighted by Gasteiger charge is 2.26. The first-order valence-corrected chi connectivity index (χ1v) is 10.6. The smallest absolute Gasteiger partial charge is 0.254 e. The standard InChI is InChI=1S/C23H36N4O2/c1-6-8-9-14-26(5)23(24-7-2)25-15-20-10-12-21(13-11-20)22(28)27-16-18(3)29-19(4)17-27/h6,10-13,18-19H,1,7-9,14-17H2,2-5H3,(H,24,25). The van der Waals surface area contributed by atoms with Crippen molar-refractivity contribution in [2.75, 3.05) is 33.2 Å². The van der Waals surface area contributed by atoms with Crippen molar-refractivity contribution in [2.45, 2.75) is 52.4 Å². The maximum absolute atomic E-state index is 12.8. The second-order valence-electron chi connectivity index (χ2n) is 7.69. The van der Waals surface area contributed by atoms with Gasteiger partial charge >= 0.3 is 0 Å². The fraction of sp³-hybridized carbons (Fsp3) is 0.565. The molecule has 0 saturated carbocycles. The SMILES string of the molecule is C=CCCCN(C)C(=NCc1ccc(C(=O)N2CC(C)OC(C)C2)cc1)NCC. The number of amides is 1. The van der Waals surface area contributed by atoms with Crippen LogP contribution >= 0.6 is 0 Å². The first-order valence-electron chi connectivity index (χ1n) is 10.6. The minimum Gasteiger partial charge on any atom is -0.372 e. The summed E-state index contributed by atoms with van der Waals surface area (Å²) in [6.07, 6.45) is 4.15. The zero-order chi connectivity index (χ0) is 21.2. The molecule has 160 valence electrons. The highest BCUT2D eigenvalue weighted by Crippen LogP contribution is 2.15. The van der Waals surface area contributed by atoms with Crippen molar-refractivity contribution >= 4 is 11.9 Å². The Balaban J connectivity index is 1.98. The van der Waals surface area contributed by atoms with Gasteiger partial charge in [-0.2, -0.15) is 0 Å². The van der Waals surface area contributed by atoms with Crippen LogP contribution in [0.2, 0.25) is 0 Å². The molecule has 1 aliphatic heterocycles. The van der Waals surface area contributed by atoms with Gasteiger partial charge in [0.2, 0.25) is 0 Å². The fourth-order valence-electron chi connectivity index (χ4n) is 3.49. The quantitative estimate of drug-likeness (QED) is 0.315. The lowest BCUT2D eigenvalue weighted by molar-refractivity contribution is -0.0586. The lowest BCUT2D eigenvalue weighted by Crippen LogP contribution is -2.48. The van der Waals surface area contributed by atoms with Crippen LogP contribution in [-0.4, -0.2) is 67.1 Å². The van der Waals surface area contributed by atoms with Crippen LogP contribution in [0.4, 0.5) is 0 Å². The topological polar surface area (TPSA) is 57.2 Å². The molecule has 29 heavy (non-hydrogen) atoms. The molecule has 2 rings (SSSR count). The summed E-state index contributed by atoms with van der Waals surface area (Å²) in [5.41, 5.74) is 1.80. The van der Waals surface area contributed by atoms with E-state index in [2.05, 4.69) is 30.8 Å². The minimum absolute atomic E-state index is 0.0670. The van der Waals surface area contributed by atoms with Crippen LogP contribution in [0.5, 0.6) is 0 Å². The summed E-state index contributed by atoms with van der Waals surface area (Å²) in [6.45, 7) is 13.5. The molecular weight excluding hydrogens is 364 g/mol. The molecule has 0 spiro atoms. The molecule has 2 atom stereocenters. The van der Waals surface area contributed by atoms with Gasteiger partial charge in [0.15, 0.2) is 5.96 Å². The first kappa shape index (κ1) is 22.9. The van der Waals surface area contributed by atoms with Crippen molar-refractivity contribution in [2.24, 2.45) is 4.99 Å². The Bertz CT molecular complexity index is 677. The Morgan fingerprint density at radius 3 is 2.55 bits per heavy atom. The minimum atomic E-state index is 0.0670. The monoisotopic (exact) mass is 400 g/mol. The van der Waals surface area contributed by atoms with Gasteiger partial charge in [0.05, 0.1) is 18.8 Å². The van der Waals surface area contributed by atoms with E-state index < -0.39 is 0 Å². The molecule has 1 amide bonds. The normalized spacial score (nSPS) is 19.7. The second-order valence-corrected chi connectivity index (χ2v) is 7.69. The number of ether oxygens (including phenoxy) is 1. The Labute approximate surface area is 175 Å². The summed E-state index contributed by atoms with van der Waals surface area (Å²) in [5.74, 6) is 0.963. The number of rotatable bonds is 8. The molecule has 1 aromatic carbocycles. The summed E-state index contributed by atoms with van der Waals surface area (Å²) >= 11 is 0. The molecule has 1 aromatic rings. The third-order valence-electron chi connectivity index (χ3n) is 4.92. The van der Waals surface area contributed by atoms with Crippen LogP contribution < -0.4 is 5.32 Å². The van der Waals surface area contributed by atoms with E-state index in [1.165, 1.54) is 0 Å². The van der Waals surface area contributed by atoms with Crippen LogP contribution in [0.25, 0.3) is 0 Å². The second kappa shape index (κ2) is 11.6. The molecule has 6 heteroatoms. The predicted octanol–water partition coefficient (Wildman–Crippen LogP) is 3.30. The van der Waals surface area contributed by atoms with Gasteiger partial charge in [-0.3, -0.25) is 4.79 Å². The number of aliphatic imine (C=N–C) groups is 1. The lowest BCUT2D eigenvalue weighted by atomic mass is 10.1. The maximum atomic E-state index is 12.8. The molecule has 1 aliphatic rings. The van der Waals surface area contributed by atoms with Crippen LogP contribution in [0.3, 0.4) is 0 Å². The number of hydrogen-bond acceptors (Lipinski definition) is 3. The number of carbonyl (C=O) groups excluding carboxylic acids is 1. The van der Waals surface area contributed by atoms with Crippen LogP contribution in [-0.2, 0) is 11.3 Å². The number of nitrogens with zero attached hydrogens (tertiary/aromatic N) is 3. The molecule has 6 nitrogen and oxygen atoms in total. The lowest BCUT2D eigenvalue weighted by Gasteiger charge is -2.35. The third-order valence-corrected chi connectivity index (χ3v) is 4.92. The van der Waals surface area contributed by atoms with E-state index in [1.54, 1.807) is 0 Å². The van der Waals surface area contributed by atoms with Gasteiger partial charge in [0, 0.05) is 38.8 Å². The average molecular weight is 401 g/mol. The van der Waals surface area contributed by atoms with Gasteiger partial charge in [-0.05, 0) is 51.3 Å². The molecule has 0 bridgehead atoms. The van der Waals surface area contributed by atoms with Gasteiger partial charge in [-0.15, -0.1) is 6.58 Å². The number of benzene rings is 1. The van der Waals surface area contributed by atoms with Crippen molar-refractivity contribution in [3.63, 3.8) is 0 Å². The summed E-state index contributed by atoms with van der Waals surface area (Å²) in [4.78, 5) is 21.6. The highest BCUT2D eigenvalue weighted by atomic mass is 16.5. The van der Waals surface area contributed by atoms with E-state index in [4.69, 9.17) is 9.73 Å². The van der Waals surface area contributed by atoms with E-state index in [0.717, 1.165) is 37.5 Å². The van der Waals surface area contributed by atoms with Crippen LogP contribution in [0, 0.1) is 0 Å². The van der Waals surface area contributed by atoms with Gasteiger partial charge in [0.1, 0.15) is 0 Å². The zero-order valence-corrected chi connectivity index (χ0v) is 18.4. The van der Waals surface area contributed by atoms with Gasteiger partial charge in [0.25, 0.3) is 5.91 Å². The Kier molecular flexibility index (Phi) is 9.19. The van der Waals surface area contributed by atoms with Crippen molar-refractivity contribution in [1.29, 1.82) is 0 Å². The Morgan fingerprint density at radius 2 is 1.97 bits per heavy atom. The number of nitrogens with one attached hydrogen (secondary N) is 1. The van der Waals surface area contributed by atoms with Gasteiger partial charge < -0.3 is 19.9 Å². The van der Waals surface area contributed by atoms with Crippen molar-refractivity contribution in [3.05, 3.63) is 48.0 Å². The predicted molar refractivity (Wildman–Crippen MR) is 119 cm³/mol. The van der Waals surface area contributed by atoms with E-state index in [-0.39, 0.29) is 18.1 Å². The third kappa shape index (κ3) is 7.20. The van der Waals surface area contributed by atoms with Gasteiger partial charge in [-0.25, -0.2) is 4.99 Å². The number of allylic oxidation sites excluding steroid dienone is 1. The molecule has 1 heterocycles. The molecule has 2 unspecified atom stereocenters. The molecule has 0 aliphatic carbocycles. The molecular formula is C23H36N4O2. The van der Waals surface area contributed by atoms with Crippen molar-refractivity contribution in [1.82, 2.24) is 15.1 Å². The highest BCUT2D eigenvalue weighted by molar-refractivity contribution is 5.94. The molecule has 0 aromatic heterocycles. The van der Waals surface area contributed by atoms with E-state index >= 15 is 0 Å². The fourth-order valence-corrected chi connectivity index (χ4v) is 3.49. The van der Waals surface area contributed by atoms with Crippen molar-refractivity contribution < 1.29 is 9.53 Å². The van der Waals surface area contributed by atoms with Crippen molar-refractivity contribution in [3.8, 4) is 0 Å². The maximum Gasteiger partial charge on any atom is 0.254 e. The zero-order valence-electron chi connectivity index (χ0n) is 18.4. The first-order chi connectivity index (χ1) is 13.9. The van der Waals surface area contributed by atoms with E-state index in [0.29, 0.717) is 25.2 Å². The molecule has 1 N–H and O–H groups in total. The van der Waals surface area contributed by atoms with E-state index in [9.17, 15) is 4.79 Å². The average Bonchev–Trinajstić information content (AvgIpc) is 2.70. The Morgan fingerprint density at radius 1 is 1.31 bits per heavy atom. The summed E-state index contributed by atoms with van der Waals surface area (Å²) in [5, 5.41) is 3.34. The number of guanidine groups is 1. The number of carbonyl (C=O) groups is 1. The summed E-state index contributed by atoms with van der Waals surface area (Å²) in [7, 11) is 2.05. The van der Waals surface area contributed by atoms with Crippen LogP contribution in [0.1, 0.15) is 49.5 Å². The summed E-state index contributed by atoms with van der Waals surface area (Å²) < 4.78 is 5.72. The Hall–Kier alpha value is -2.34. The summed E-state index contributed by atoms with van der Waals surface area (Å²) in [6, 6.07) is 7.79. The number of unbranched alkanes of at least 4 members (excludes halogenated alkanes) is 1.